The van der Waals surface area contributed by atoms with Gasteiger partial charge < -0.3 is 16.0 Å². The van der Waals surface area contributed by atoms with E-state index >= 15 is 0 Å². The molecule has 0 aromatic carbocycles. The molecule has 1 fully saturated rings. The fraction of sp³-hybridized carbons (Fsp3) is 0.560. The smallest absolute Gasteiger partial charge is 0.243 e. The molecule has 0 saturated carbocycles. The minimum atomic E-state index is -0.613. The number of nitrogens with zero attached hydrogens (tertiary/aromatic N) is 2. The van der Waals surface area contributed by atoms with Gasteiger partial charge in [0, 0.05) is 13.1 Å². The normalized spacial score (nSPS) is 19.3. The molecule has 2 unspecified atom stereocenters. The molecule has 2 amide bonds. The SMILES string of the molecule is CC.Cc1ncsc1C1=CCC=C(CNC(=O)C2CCCN2C(=O)C(N)C(C)(C)C)C=C1. The van der Waals surface area contributed by atoms with Crippen molar-refractivity contribution in [1.29, 1.82) is 0 Å². The number of likely N-dealkylation sites (tertiary alicyclic amines) is 1. The molecule has 1 saturated heterocycles. The summed E-state index contributed by atoms with van der Waals surface area (Å²) in [5, 5.41) is 3.02. The molecule has 1 aromatic heterocycles. The van der Waals surface area contributed by atoms with Gasteiger partial charge in [0.05, 0.1) is 22.1 Å². The maximum atomic E-state index is 12.8. The van der Waals surface area contributed by atoms with Crippen molar-refractivity contribution in [3.63, 3.8) is 0 Å². The second kappa shape index (κ2) is 11.6. The number of aryl methyl sites for hydroxylation is 1. The third kappa shape index (κ3) is 6.39. The molecule has 3 N–H and O–H groups in total. The molecule has 7 heteroatoms. The largest absolute Gasteiger partial charge is 0.350 e. The van der Waals surface area contributed by atoms with Gasteiger partial charge in [-0.15, -0.1) is 11.3 Å². The lowest BCUT2D eigenvalue weighted by atomic mass is 9.86. The van der Waals surface area contributed by atoms with E-state index in [0.29, 0.717) is 19.5 Å². The number of nitrogens with one attached hydrogen (secondary N) is 1. The topological polar surface area (TPSA) is 88.3 Å². The van der Waals surface area contributed by atoms with Crippen LogP contribution in [-0.2, 0) is 9.59 Å². The van der Waals surface area contributed by atoms with Crippen LogP contribution in [-0.4, -0.2) is 46.9 Å². The number of amides is 2. The lowest BCUT2D eigenvalue weighted by molar-refractivity contribution is -0.141. The first kappa shape index (κ1) is 26.0. The molecule has 2 aliphatic rings. The van der Waals surface area contributed by atoms with Crippen molar-refractivity contribution in [3.05, 3.63) is 46.0 Å². The van der Waals surface area contributed by atoms with Crippen molar-refractivity contribution < 1.29 is 9.59 Å². The predicted molar refractivity (Wildman–Crippen MR) is 133 cm³/mol. The summed E-state index contributed by atoms with van der Waals surface area (Å²) < 4.78 is 0. The van der Waals surface area contributed by atoms with Crippen molar-refractivity contribution in [3.8, 4) is 0 Å². The van der Waals surface area contributed by atoms with Crippen molar-refractivity contribution in [2.24, 2.45) is 11.1 Å². The quantitative estimate of drug-likeness (QED) is 0.691. The number of allylic oxidation sites excluding steroid dienone is 4. The molecule has 1 aromatic rings. The predicted octanol–water partition coefficient (Wildman–Crippen LogP) is 4.23. The Morgan fingerprint density at radius 3 is 2.62 bits per heavy atom. The van der Waals surface area contributed by atoms with E-state index in [1.54, 1.807) is 16.2 Å². The summed E-state index contributed by atoms with van der Waals surface area (Å²) in [7, 11) is 0. The molecule has 2 atom stereocenters. The van der Waals surface area contributed by atoms with Gasteiger partial charge in [-0.25, -0.2) is 4.98 Å². The van der Waals surface area contributed by atoms with Crippen LogP contribution in [0.4, 0.5) is 0 Å². The number of aromatic nitrogens is 1. The summed E-state index contributed by atoms with van der Waals surface area (Å²) >= 11 is 1.64. The average molecular weight is 459 g/mol. The highest BCUT2D eigenvalue weighted by Crippen LogP contribution is 2.27. The molecule has 0 radical (unpaired) electrons. The zero-order chi connectivity index (χ0) is 23.9. The van der Waals surface area contributed by atoms with Crippen LogP contribution in [0.15, 0.2) is 35.4 Å². The van der Waals surface area contributed by atoms with Crippen LogP contribution in [0.1, 0.15) is 64.5 Å². The van der Waals surface area contributed by atoms with Crippen molar-refractivity contribution >= 4 is 28.7 Å². The van der Waals surface area contributed by atoms with Crippen molar-refractivity contribution in [2.45, 2.75) is 72.9 Å². The monoisotopic (exact) mass is 458 g/mol. The molecule has 1 aliphatic heterocycles. The Morgan fingerprint density at radius 1 is 1.28 bits per heavy atom. The number of carbonyl (C=O) groups excluding carboxylic acids is 2. The molecule has 6 nitrogen and oxygen atoms in total. The van der Waals surface area contributed by atoms with Crippen LogP contribution >= 0.6 is 11.3 Å². The van der Waals surface area contributed by atoms with Crippen LogP contribution in [0.2, 0.25) is 0 Å². The second-order valence-corrected chi connectivity index (χ2v) is 9.88. The molecule has 3 rings (SSSR count). The number of nitrogens with two attached hydrogens (primary N) is 1. The summed E-state index contributed by atoms with van der Waals surface area (Å²) in [6.45, 7) is 12.9. The summed E-state index contributed by atoms with van der Waals surface area (Å²) in [6.07, 6.45) is 10.7. The molecular weight excluding hydrogens is 420 g/mol. The van der Waals surface area contributed by atoms with E-state index in [0.717, 1.165) is 29.7 Å². The number of rotatable bonds is 5. The average Bonchev–Trinajstić information content (AvgIpc) is 3.36. The summed E-state index contributed by atoms with van der Waals surface area (Å²) in [6, 6.07) is -1.05. The van der Waals surface area contributed by atoms with Crippen molar-refractivity contribution in [2.75, 3.05) is 13.1 Å². The lowest BCUT2D eigenvalue weighted by Crippen LogP contribution is -2.54. The fourth-order valence-electron chi connectivity index (χ4n) is 3.71. The van der Waals surface area contributed by atoms with Gasteiger partial charge in [0.15, 0.2) is 0 Å². The molecule has 0 spiro atoms. The van der Waals surface area contributed by atoms with E-state index in [-0.39, 0.29) is 17.2 Å². The third-order valence-electron chi connectivity index (χ3n) is 5.71. The molecule has 1 aliphatic carbocycles. The fourth-order valence-corrected chi connectivity index (χ4v) is 4.53. The van der Waals surface area contributed by atoms with Gasteiger partial charge in [-0.3, -0.25) is 9.59 Å². The van der Waals surface area contributed by atoms with Gasteiger partial charge in [-0.2, -0.15) is 0 Å². The molecule has 2 heterocycles. The first-order valence-electron chi connectivity index (χ1n) is 11.5. The molecule has 0 bridgehead atoms. The van der Waals surface area contributed by atoms with Crippen LogP contribution in [0.3, 0.4) is 0 Å². The molecular formula is C25H38N4O2S. The van der Waals surface area contributed by atoms with E-state index in [1.165, 1.54) is 4.88 Å². The number of thiazole rings is 1. The third-order valence-corrected chi connectivity index (χ3v) is 6.68. The Labute approximate surface area is 196 Å². The first-order valence-corrected chi connectivity index (χ1v) is 12.4. The highest BCUT2D eigenvalue weighted by atomic mass is 32.1. The number of hydrogen-bond acceptors (Lipinski definition) is 5. The van der Waals surface area contributed by atoms with Gasteiger partial charge in [-0.05, 0) is 42.7 Å². The first-order chi connectivity index (χ1) is 15.2. The van der Waals surface area contributed by atoms with Crippen molar-refractivity contribution in [1.82, 2.24) is 15.2 Å². The zero-order valence-electron chi connectivity index (χ0n) is 20.3. The maximum absolute atomic E-state index is 12.8. The van der Waals surface area contributed by atoms with E-state index in [4.69, 9.17) is 5.73 Å². The van der Waals surface area contributed by atoms with Crippen LogP contribution in [0, 0.1) is 12.3 Å². The standard InChI is InChI=1S/C23H32N4O2S.C2H6/c1-15-19(30-14-26-15)17-8-5-7-16(10-11-17)13-25-21(28)18-9-6-12-27(18)22(29)20(24)23(2,3)4;1-2/h7-8,10-11,14,18,20H,5-6,9,12-13,24H2,1-4H3,(H,25,28);1-2H3. The van der Waals surface area contributed by atoms with Gasteiger partial charge in [-0.1, -0.05) is 58.9 Å². The van der Waals surface area contributed by atoms with Gasteiger partial charge in [0.2, 0.25) is 11.8 Å². The second-order valence-electron chi connectivity index (χ2n) is 9.03. The minimum absolute atomic E-state index is 0.105. The van der Waals surface area contributed by atoms with E-state index in [9.17, 15) is 9.59 Å². The Kier molecular flexibility index (Phi) is 9.40. The Morgan fingerprint density at radius 2 is 2.00 bits per heavy atom. The Hall–Kier alpha value is -2.25. The molecule has 32 heavy (non-hydrogen) atoms. The summed E-state index contributed by atoms with van der Waals surface area (Å²) in [4.78, 5) is 32.8. The number of carbonyl (C=O) groups is 2. The maximum Gasteiger partial charge on any atom is 0.243 e. The van der Waals surface area contributed by atoms with E-state index in [2.05, 4.69) is 28.5 Å². The highest BCUT2D eigenvalue weighted by molar-refractivity contribution is 7.11. The van der Waals surface area contributed by atoms with E-state index < -0.39 is 12.1 Å². The summed E-state index contributed by atoms with van der Waals surface area (Å²) in [5.74, 6) is -0.241. The van der Waals surface area contributed by atoms with Gasteiger partial charge >= 0.3 is 0 Å². The van der Waals surface area contributed by atoms with Gasteiger partial charge in [0.1, 0.15) is 6.04 Å². The van der Waals surface area contributed by atoms with Crippen LogP contribution < -0.4 is 11.1 Å². The van der Waals surface area contributed by atoms with Gasteiger partial charge in [0.25, 0.3) is 0 Å². The lowest BCUT2D eigenvalue weighted by Gasteiger charge is -2.32. The summed E-state index contributed by atoms with van der Waals surface area (Å²) in [5.41, 5.74) is 10.9. The Balaban J connectivity index is 0.00000176. The molecule has 176 valence electrons. The highest BCUT2D eigenvalue weighted by Gasteiger charge is 2.39. The Bertz CT molecular complexity index is 892. The van der Waals surface area contributed by atoms with Crippen LogP contribution in [0.5, 0.6) is 0 Å². The van der Waals surface area contributed by atoms with Crippen LogP contribution in [0.25, 0.3) is 5.57 Å². The number of hydrogen-bond donors (Lipinski definition) is 2. The zero-order valence-corrected chi connectivity index (χ0v) is 21.1. The van der Waals surface area contributed by atoms with E-state index in [1.807, 2.05) is 53.1 Å². The minimum Gasteiger partial charge on any atom is -0.350 e.